The normalized spacial score (nSPS) is 11.1. The average Bonchev–Trinajstić information content (AvgIpc) is 0.806. The number of quaternary nitrogens is 1. The predicted molar refractivity (Wildman–Crippen MR) is 432 cm³/mol. The van der Waals surface area contributed by atoms with E-state index >= 15 is 0 Å². The van der Waals surface area contributed by atoms with Crippen LogP contribution < -0.4 is 46.8 Å². The number of rotatable bonds is 43. The van der Waals surface area contributed by atoms with E-state index in [1.54, 1.807) is 66.7 Å². The Balaban J connectivity index is 0.505. The molecule has 0 spiro atoms. The average molecular weight is 1530 g/mol. The maximum Gasteiger partial charge on any atom is 0.411 e. The molecule has 0 aliphatic rings. The fourth-order valence-corrected chi connectivity index (χ4v) is 11.6. The van der Waals surface area contributed by atoms with E-state index in [9.17, 15) is 34.0 Å². The van der Waals surface area contributed by atoms with Gasteiger partial charge < -0.3 is 48.4 Å². The molecule has 0 saturated carbocycles. The van der Waals surface area contributed by atoms with Crippen LogP contribution in [0, 0.1) is 5.21 Å². The Morgan fingerprint density at radius 1 is 0.345 bits per heavy atom. The van der Waals surface area contributed by atoms with Gasteiger partial charge in [-0.15, -0.1) is 5.34 Å². The van der Waals surface area contributed by atoms with Gasteiger partial charge >= 0.3 is 24.4 Å². The molecule has 10 aromatic carbocycles. The van der Waals surface area contributed by atoms with Gasteiger partial charge in [-0.25, -0.2) is 34.2 Å². The Morgan fingerprint density at radius 2 is 0.646 bits per heavy atom. The number of nitrogens with one attached hydrogen (secondary N) is 7. The van der Waals surface area contributed by atoms with E-state index < -0.39 is 29.7 Å². The number of ether oxygens (including phenoxy) is 8. The number of unbranched alkanes of at least 4 members (excludes halogenated alkanes) is 2. The number of carbonyl (C=O) groups excluding carboxylic acids is 6. The lowest BCUT2D eigenvalue weighted by Gasteiger charge is -2.26. The van der Waals surface area contributed by atoms with Crippen LogP contribution >= 0.6 is 0 Å². The van der Waals surface area contributed by atoms with Crippen molar-refractivity contribution in [2.24, 2.45) is 9.98 Å². The molecule has 0 aromatic heterocycles. The van der Waals surface area contributed by atoms with Crippen molar-refractivity contribution in [2.75, 3.05) is 105 Å². The number of aliphatic imine (C=N–C) groups is 2. The lowest BCUT2D eigenvalue weighted by Crippen LogP contribution is -3.09. The summed E-state index contributed by atoms with van der Waals surface area (Å²) in [5.41, 5.74) is 18.1. The molecule has 113 heavy (non-hydrogen) atoms. The van der Waals surface area contributed by atoms with Crippen LogP contribution in [-0.2, 0) is 73.9 Å². The van der Waals surface area contributed by atoms with Crippen LogP contribution in [0.15, 0.2) is 253 Å². The smallest absolute Gasteiger partial charge is 0.411 e. The summed E-state index contributed by atoms with van der Waals surface area (Å²) in [7, 11) is 0. The van der Waals surface area contributed by atoms with Crippen LogP contribution in [0.4, 0.5) is 64.7 Å². The largest absolute Gasteiger partial charge is 0.574 e. The summed E-state index contributed by atoms with van der Waals surface area (Å²) < 4.78 is 44.5. The van der Waals surface area contributed by atoms with Crippen LogP contribution in [0.25, 0.3) is 0 Å². The first-order chi connectivity index (χ1) is 55.1. The molecular weight excluding hydrogens is 1440 g/mol. The van der Waals surface area contributed by atoms with Crippen molar-refractivity contribution in [3.63, 3.8) is 0 Å². The number of isocyanates is 2. The summed E-state index contributed by atoms with van der Waals surface area (Å²) in [6.45, 7) is 6.79. The first-order valence-corrected chi connectivity index (χ1v) is 37.1. The van der Waals surface area contributed by atoms with Gasteiger partial charge in [0.1, 0.15) is 51.3 Å². The number of nitrogens with zero attached hydrogens (tertiary/aromatic N) is 2. The van der Waals surface area contributed by atoms with E-state index in [1.807, 2.05) is 170 Å². The van der Waals surface area contributed by atoms with Crippen LogP contribution in [0.3, 0.4) is 0 Å². The Bertz CT molecular complexity index is 4680. The van der Waals surface area contributed by atoms with E-state index in [4.69, 9.17) is 42.7 Å². The maximum absolute atomic E-state index is 12.6. The van der Waals surface area contributed by atoms with Crippen LogP contribution in [-0.4, -0.2) is 109 Å². The molecule has 1 atom stereocenters. The third-order valence-corrected chi connectivity index (χ3v) is 17.8. The highest BCUT2D eigenvalue weighted by molar-refractivity contribution is 5.86. The summed E-state index contributed by atoms with van der Waals surface area (Å²) in [5, 5.41) is 26.1. The highest BCUT2D eigenvalue weighted by Gasteiger charge is 2.24. The molecule has 1 unspecified atom stereocenters. The molecule has 584 valence electrons. The second-order valence-corrected chi connectivity index (χ2v) is 26.6. The van der Waals surface area contributed by atoms with Gasteiger partial charge in [0.25, 0.3) is 0 Å². The van der Waals surface area contributed by atoms with E-state index in [-0.39, 0.29) is 51.7 Å². The van der Waals surface area contributed by atoms with Crippen molar-refractivity contribution in [1.82, 2.24) is 0 Å². The molecule has 4 amide bonds. The Labute approximate surface area is 656 Å². The first kappa shape index (κ1) is 82.5. The van der Waals surface area contributed by atoms with Crippen molar-refractivity contribution in [1.29, 1.82) is 0 Å². The highest BCUT2D eigenvalue weighted by atomic mass is 16.9. The summed E-state index contributed by atoms with van der Waals surface area (Å²) in [6, 6.07) is 75.9. The summed E-state index contributed by atoms with van der Waals surface area (Å²) in [5.74, 6) is 1.33. The van der Waals surface area contributed by atoms with E-state index in [2.05, 4.69) is 68.0 Å². The second kappa shape index (κ2) is 44.6. The molecule has 10 aromatic rings. The zero-order valence-electron chi connectivity index (χ0n) is 63.0. The van der Waals surface area contributed by atoms with Crippen molar-refractivity contribution in [3.8, 4) is 11.5 Å². The quantitative estimate of drug-likeness (QED) is 0.00466. The van der Waals surface area contributed by atoms with Gasteiger partial charge in [-0.2, -0.15) is 14.8 Å². The second-order valence-electron chi connectivity index (χ2n) is 26.6. The molecule has 0 radical (unpaired) electrons. The number of hydrogen-bond donors (Lipinski definition) is 7. The molecule has 25 heteroatoms. The molecule has 10 rings (SSSR count). The minimum absolute atomic E-state index is 0.0381. The van der Waals surface area contributed by atoms with Gasteiger partial charge in [0.05, 0.1) is 43.5 Å². The molecule has 0 bridgehead atoms. The predicted octanol–water partition coefficient (Wildman–Crippen LogP) is 16.7. The lowest BCUT2D eigenvalue weighted by molar-refractivity contribution is -1.03. The van der Waals surface area contributed by atoms with Crippen molar-refractivity contribution >= 4 is 82.0 Å². The van der Waals surface area contributed by atoms with Gasteiger partial charge in [0.2, 0.25) is 12.2 Å². The Kier molecular flexibility index (Phi) is 32.6. The zero-order chi connectivity index (χ0) is 79.1. The number of anilines is 6. The van der Waals surface area contributed by atoms with E-state index in [0.29, 0.717) is 116 Å². The van der Waals surface area contributed by atoms with Crippen LogP contribution in [0.2, 0.25) is 0 Å². The van der Waals surface area contributed by atoms with Gasteiger partial charge in [0.15, 0.2) is 0 Å². The molecule has 0 heterocycles. The van der Waals surface area contributed by atoms with Crippen LogP contribution in [0.1, 0.15) is 95.2 Å². The van der Waals surface area contributed by atoms with E-state index in [1.165, 1.54) is 6.08 Å². The number of carbonyl (C=O) groups is 4. The van der Waals surface area contributed by atoms with Crippen molar-refractivity contribution in [3.05, 3.63) is 303 Å². The highest BCUT2D eigenvalue weighted by Crippen LogP contribution is 2.34. The molecule has 0 saturated heterocycles. The van der Waals surface area contributed by atoms with Crippen molar-refractivity contribution < 1.29 is 76.8 Å². The zero-order valence-corrected chi connectivity index (χ0v) is 63.0. The minimum atomic E-state index is -0.604. The summed E-state index contributed by atoms with van der Waals surface area (Å²) in [6.07, 6.45) is 5.88. The summed E-state index contributed by atoms with van der Waals surface area (Å²) >= 11 is 0. The third kappa shape index (κ3) is 29.4. The topological polar surface area (TPSA) is 310 Å². The third-order valence-electron chi connectivity index (χ3n) is 17.8. The number of amides is 4. The Hall–Kier alpha value is -13.0. The molecule has 25 nitrogen and oxygen atoms in total. The van der Waals surface area contributed by atoms with Crippen LogP contribution in [0.5, 0.6) is 11.5 Å². The number of benzene rings is 10. The van der Waals surface area contributed by atoms with E-state index in [0.717, 1.165) is 74.2 Å². The lowest BCUT2D eigenvalue weighted by atomic mass is 9.78. The molecular formula is C88H91N9O16. The Morgan fingerprint density at radius 3 is 1.02 bits per heavy atom. The maximum atomic E-state index is 12.6. The van der Waals surface area contributed by atoms with Gasteiger partial charge in [-0.1, -0.05) is 135 Å². The first-order valence-electron chi connectivity index (χ1n) is 37.1. The van der Waals surface area contributed by atoms with Gasteiger partial charge in [-0.05, 0) is 228 Å². The monoisotopic (exact) mass is 1530 g/mol. The summed E-state index contributed by atoms with van der Waals surface area (Å²) in [4.78, 5) is 83.3. The molecule has 0 aliphatic heterocycles. The number of hydrogen-bond acceptors (Lipinski definition) is 20. The standard InChI is InChI=1S/C88H91N9O16/c1-88(2,73-25-45-83(46-26-73)108-55-56-112-87(103)95-80-39-19-70(20-40-80)60-71-21-41-81(42-22-71)96-97(104)113-50-6-5-49-110-85(101)93-78-33-13-67(14-34-78)58-65-9-29-75(30-10-65)90-62-99)72-23-43-82(44-24-72)107-53-51-105-52-54-111-86(102)94-79-37-17-69(18-38-79)59-68-15-35-77(36-16-68)92-84(100)109-48-4-3-47-106-63-91-76-31-11-66(12-32-76)57-64-7-27-74(28-8-64)89-61-98/h7-46,91,96-97H,3-6,47-60,63H2,1-2H3,(H,92,100)(H,93,101)(H,94,102)(H,95,103). The fourth-order valence-electron chi connectivity index (χ4n) is 11.6. The van der Waals surface area contributed by atoms with Crippen molar-refractivity contribution in [2.45, 2.75) is 70.6 Å². The molecule has 0 aliphatic carbocycles. The molecule has 7 N–H and O–H groups in total. The minimum Gasteiger partial charge on any atom is -0.574 e. The molecule has 0 fully saturated rings. The van der Waals surface area contributed by atoms with Gasteiger partial charge in [-0.3, -0.25) is 21.3 Å². The SMILES string of the molecule is CC(C)(c1ccc(OCCOCCOC(=O)Nc2ccc(Cc3ccc(NC(=O)OCCCCOCNc4ccc(Cc5ccc(N=C=O)cc5)cc4)cc3)cc2)cc1)c1ccc(OCCOC(=O)Nc2ccc(Cc3ccc(N[NH+]([O-])OCCCCOC(=O)Nc4ccc(Cc5ccc(N=C=O)cc5)cc4)cc3)cc2)cc1. The fraction of sp³-hybridized carbons (Fsp3) is 0.250. The van der Waals surface area contributed by atoms with Gasteiger partial charge in [0, 0.05) is 40.5 Å².